The number of aliphatic hydroxyl groups is 1. The van der Waals surface area contributed by atoms with Crippen molar-refractivity contribution in [2.24, 2.45) is 0 Å². The Bertz CT molecular complexity index is 1310. The number of benzene rings is 3. The molecule has 1 amide bonds. The minimum atomic E-state index is -0.960. The fourth-order valence-electron chi connectivity index (χ4n) is 3.89. The number of ketones is 1. The lowest BCUT2D eigenvalue weighted by Gasteiger charge is -2.26. The van der Waals surface area contributed by atoms with Crippen LogP contribution in [0.5, 0.6) is 5.75 Å². The highest BCUT2D eigenvalue weighted by Gasteiger charge is 2.47. The first-order valence-corrected chi connectivity index (χ1v) is 10.6. The molecule has 1 aliphatic rings. The van der Waals surface area contributed by atoms with Gasteiger partial charge in [0, 0.05) is 16.3 Å². The summed E-state index contributed by atoms with van der Waals surface area (Å²) in [5.41, 5.74) is 1.28. The Balaban J connectivity index is 1.93. The normalized spacial score (nSPS) is 17.0. The molecule has 3 aromatic carbocycles. The van der Waals surface area contributed by atoms with Crippen LogP contribution in [0.4, 0.5) is 5.69 Å². The van der Waals surface area contributed by atoms with Gasteiger partial charge < -0.3 is 14.6 Å². The zero-order valence-electron chi connectivity index (χ0n) is 18.3. The van der Waals surface area contributed by atoms with Crippen LogP contribution in [0.25, 0.3) is 5.76 Å². The van der Waals surface area contributed by atoms with E-state index < -0.39 is 23.7 Å². The summed E-state index contributed by atoms with van der Waals surface area (Å²) in [6.45, 7) is 0. The van der Waals surface area contributed by atoms with Crippen LogP contribution in [-0.4, -0.2) is 37.0 Å². The molecule has 1 heterocycles. The maximum atomic E-state index is 13.2. The van der Waals surface area contributed by atoms with E-state index in [9.17, 15) is 19.5 Å². The fourth-order valence-corrected chi connectivity index (χ4v) is 4.08. The van der Waals surface area contributed by atoms with Gasteiger partial charge in [0.25, 0.3) is 11.7 Å². The maximum Gasteiger partial charge on any atom is 0.337 e. The number of aliphatic hydroxyl groups excluding tert-OH is 1. The summed E-state index contributed by atoms with van der Waals surface area (Å²) >= 11 is 6.08. The highest BCUT2D eigenvalue weighted by Crippen LogP contribution is 2.42. The maximum absolute atomic E-state index is 13.2. The number of rotatable bonds is 5. The SMILES string of the molecule is COC(=O)c1cccc(N2C(=O)C(=O)/C(=C(/O)c3cccc(Cl)c3)C2c2ccc(OC)cc2)c1. The van der Waals surface area contributed by atoms with Gasteiger partial charge in [0.05, 0.1) is 31.4 Å². The first-order chi connectivity index (χ1) is 16.3. The summed E-state index contributed by atoms with van der Waals surface area (Å²) in [7, 11) is 2.78. The van der Waals surface area contributed by atoms with Crippen LogP contribution >= 0.6 is 11.6 Å². The number of carbonyl (C=O) groups excluding carboxylic acids is 3. The second kappa shape index (κ2) is 9.41. The lowest BCUT2D eigenvalue weighted by molar-refractivity contribution is -0.132. The molecule has 0 spiro atoms. The zero-order chi connectivity index (χ0) is 24.4. The van der Waals surface area contributed by atoms with Crippen LogP contribution < -0.4 is 9.64 Å². The van der Waals surface area contributed by atoms with E-state index >= 15 is 0 Å². The Morgan fingerprint density at radius 1 is 0.941 bits per heavy atom. The zero-order valence-corrected chi connectivity index (χ0v) is 19.1. The monoisotopic (exact) mass is 477 g/mol. The van der Waals surface area contributed by atoms with E-state index in [-0.39, 0.29) is 16.9 Å². The number of amides is 1. The number of carbonyl (C=O) groups is 3. The Hall–Kier alpha value is -4.10. The number of Topliss-reactive ketones (excluding diaryl/α,β-unsaturated/α-hetero) is 1. The summed E-state index contributed by atoms with van der Waals surface area (Å²) < 4.78 is 10.0. The molecule has 1 saturated heterocycles. The Morgan fingerprint density at radius 2 is 1.62 bits per heavy atom. The van der Waals surface area contributed by atoms with Gasteiger partial charge in [-0.3, -0.25) is 14.5 Å². The van der Waals surface area contributed by atoms with Crippen molar-refractivity contribution in [3.05, 3.63) is 100 Å². The third-order valence-corrected chi connectivity index (χ3v) is 5.75. The molecule has 1 fully saturated rings. The molecular weight excluding hydrogens is 458 g/mol. The first-order valence-electron chi connectivity index (χ1n) is 10.2. The molecule has 0 aliphatic carbocycles. The number of hydrogen-bond donors (Lipinski definition) is 1. The molecule has 34 heavy (non-hydrogen) atoms. The van der Waals surface area contributed by atoms with Gasteiger partial charge in [0.2, 0.25) is 0 Å². The standard InChI is InChI=1S/C26H20ClNO6/c1-33-20-11-9-15(10-12-20)22-21(23(29)16-5-3-7-18(27)13-16)24(30)25(31)28(22)19-8-4-6-17(14-19)26(32)34-2/h3-14,22,29H,1-2H3/b23-21+. The number of hydrogen-bond acceptors (Lipinski definition) is 6. The summed E-state index contributed by atoms with van der Waals surface area (Å²) in [6.07, 6.45) is 0. The van der Waals surface area contributed by atoms with Crippen LogP contribution in [-0.2, 0) is 14.3 Å². The molecule has 7 nitrogen and oxygen atoms in total. The van der Waals surface area contributed by atoms with Crippen molar-refractivity contribution in [3.8, 4) is 5.75 Å². The van der Waals surface area contributed by atoms with E-state index in [1.807, 2.05) is 0 Å². The van der Waals surface area contributed by atoms with Gasteiger partial charge in [0.1, 0.15) is 11.5 Å². The molecule has 0 radical (unpaired) electrons. The van der Waals surface area contributed by atoms with Gasteiger partial charge in [0.15, 0.2) is 0 Å². The van der Waals surface area contributed by atoms with Crippen LogP contribution in [0, 0.1) is 0 Å². The minimum Gasteiger partial charge on any atom is -0.507 e. The van der Waals surface area contributed by atoms with Crippen LogP contribution in [0.2, 0.25) is 5.02 Å². The van der Waals surface area contributed by atoms with Crippen LogP contribution in [0.15, 0.2) is 78.4 Å². The number of ether oxygens (including phenoxy) is 2. The molecular formula is C26H20ClNO6. The Morgan fingerprint density at radius 3 is 2.26 bits per heavy atom. The molecule has 1 unspecified atom stereocenters. The van der Waals surface area contributed by atoms with Crippen molar-refractivity contribution in [1.29, 1.82) is 0 Å². The van der Waals surface area contributed by atoms with E-state index in [1.165, 1.54) is 31.3 Å². The van der Waals surface area contributed by atoms with E-state index in [4.69, 9.17) is 21.1 Å². The lowest BCUT2D eigenvalue weighted by atomic mass is 9.95. The van der Waals surface area contributed by atoms with Gasteiger partial charge in [-0.15, -0.1) is 0 Å². The average molecular weight is 478 g/mol. The number of halogens is 1. The van der Waals surface area contributed by atoms with Gasteiger partial charge in [-0.05, 0) is 48.0 Å². The van der Waals surface area contributed by atoms with Crippen molar-refractivity contribution >= 4 is 40.7 Å². The van der Waals surface area contributed by atoms with Gasteiger partial charge >= 0.3 is 5.97 Å². The largest absolute Gasteiger partial charge is 0.507 e. The molecule has 1 N–H and O–H groups in total. The second-order valence-corrected chi connectivity index (χ2v) is 7.93. The quantitative estimate of drug-likeness (QED) is 0.246. The molecule has 1 aliphatic heterocycles. The summed E-state index contributed by atoms with van der Waals surface area (Å²) in [5.74, 6) is -2.05. The Kier molecular flexibility index (Phi) is 6.38. The van der Waals surface area contributed by atoms with Crippen molar-refractivity contribution in [2.75, 3.05) is 19.1 Å². The number of methoxy groups -OCH3 is 2. The van der Waals surface area contributed by atoms with Gasteiger partial charge in [-0.25, -0.2) is 4.79 Å². The molecule has 8 heteroatoms. The highest BCUT2D eigenvalue weighted by atomic mass is 35.5. The summed E-state index contributed by atoms with van der Waals surface area (Å²) in [5, 5.41) is 11.5. The summed E-state index contributed by atoms with van der Waals surface area (Å²) in [6, 6.07) is 18.4. The molecule has 0 saturated carbocycles. The van der Waals surface area contributed by atoms with Crippen molar-refractivity contribution in [1.82, 2.24) is 0 Å². The fraction of sp³-hybridized carbons (Fsp3) is 0.115. The summed E-state index contributed by atoms with van der Waals surface area (Å²) in [4.78, 5) is 39.8. The molecule has 3 aromatic rings. The predicted octanol–water partition coefficient (Wildman–Crippen LogP) is 4.76. The molecule has 172 valence electrons. The Labute approximate surface area is 200 Å². The van der Waals surface area contributed by atoms with Crippen LogP contribution in [0.3, 0.4) is 0 Å². The van der Waals surface area contributed by atoms with E-state index in [0.717, 1.165) is 0 Å². The van der Waals surface area contributed by atoms with E-state index in [0.29, 0.717) is 27.6 Å². The van der Waals surface area contributed by atoms with Crippen LogP contribution in [0.1, 0.15) is 27.5 Å². The molecule has 0 bridgehead atoms. The average Bonchev–Trinajstić information content (AvgIpc) is 3.13. The molecule has 0 aromatic heterocycles. The van der Waals surface area contributed by atoms with Crippen molar-refractivity contribution in [2.45, 2.75) is 6.04 Å². The third kappa shape index (κ3) is 4.13. The highest BCUT2D eigenvalue weighted by molar-refractivity contribution is 6.51. The number of esters is 1. The number of nitrogens with zero attached hydrogens (tertiary/aromatic N) is 1. The third-order valence-electron chi connectivity index (χ3n) is 5.52. The molecule has 1 atom stereocenters. The smallest absolute Gasteiger partial charge is 0.337 e. The van der Waals surface area contributed by atoms with Crippen molar-refractivity contribution in [3.63, 3.8) is 0 Å². The van der Waals surface area contributed by atoms with Crippen molar-refractivity contribution < 1.29 is 29.0 Å². The first kappa shape index (κ1) is 23.1. The minimum absolute atomic E-state index is 0.0964. The van der Waals surface area contributed by atoms with Gasteiger partial charge in [-0.2, -0.15) is 0 Å². The van der Waals surface area contributed by atoms with E-state index in [1.54, 1.807) is 60.7 Å². The van der Waals surface area contributed by atoms with E-state index in [2.05, 4.69) is 0 Å². The predicted molar refractivity (Wildman–Crippen MR) is 127 cm³/mol. The lowest BCUT2D eigenvalue weighted by Crippen LogP contribution is -2.29. The second-order valence-electron chi connectivity index (χ2n) is 7.49. The number of anilines is 1. The topological polar surface area (TPSA) is 93.1 Å². The van der Waals surface area contributed by atoms with Gasteiger partial charge in [-0.1, -0.05) is 41.9 Å². The molecule has 4 rings (SSSR count).